The molecule has 0 unspecified atom stereocenters. The van der Waals surface area contributed by atoms with Gasteiger partial charge in [-0.2, -0.15) is 0 Å². The molecular weight excluding hydrogens is 328 g/mol. The molecule has 0 bridgehead atoms. The van der Waals surface area contributed by atoms with E-state index in [1.54, 1.807) is 7.11 Å². The van der Waals surface area contributed by atoms with Crippen LogP contribution in [0.5, 0.6) is 5.75 Å². The van der Waals surface area contributed by atoms with Crippen LogP contribution in [-0.4, -0.2) is 30.2 Å². The van der Waals surface area contributed by atoms with Gasteiger partial charge in [-0.1, -0.05) is 35.9 Å². The zero-order chi connectivity index (χ0) is 18.7. The number of benzene rings is 2. The summed E-state index contributed by atoms with van der Waals surface area (Å²) in [6.07, 6.45) is 0.826. The molecule has 0 heterocycles. The number of aryl methyl sites for hydroxylation is 2. The van der Waals surface area contributed by atoms with Crippen LogP contribution in [0, 0.1) is 13.8 Å². The summed E-state index contributed by atoms with van der Waals surface area (Å²) in [6.45, 7) is 4.55. The molecule has 1 aliphatic rings. The van der Waals surface area contributed by atoms with Gasteiger partial charge in [0.15, 0.2) is 0 Å². The second kappa shape index (κ2) is 7.60. The van der Waals surface area contributed by atoms with E-state index in [9.17, 15) is 9.90 Å². The van der Waals surface area contributed by atoms with Gasteiger partial charge in [-0.25, -0.2) is 0 Å². The lowest BCUT2D eigenvalue weighted by molar-refractivity contribution is -0.123. The van der Waals surface area contributed by atoms with Crippen molar-refractivity contribution in [3.05, 3.63) is 64.7 Å². The lowest BCUT2D eigenvalue weighted by atomic mass is 9.82. The molecule has 0 amide bonds. The van der Waals surface area contributed by atoms with E-state index in [1.807, 2.05) is 50.2 Å². The molecule has 2 atom stereocenters. The summed E-state index contributed by atoms with van der Waals surface area (Å²) in [4.78, 5) is 12.5. The molecule has 26 heavy (non-hydrogen) atoms. The van der Waals surface area contributed by atoms with Crippen LogP contribution >= 0.6 is 0 Å². The fourth-order valence-electron chi connectivity index (χ4n) is 3.76. The number of ketones is 1. The number of aliphatic hydroxyl groups is 1. The largest absolute Gasteiger partial charge is 0.497 e. The highest BCUT2D eigenvalue weighted by Crippen LogP contribution is 2.42. The van der Waals surface area contributed by atoms with Gasteiger partial charge in [0.1, 0.15) is 17.1 Å². The minimum atomic E-state index is -1.15. The lowest BCUT2D eigenvalue weighted by Crippen LogP contribution is -2.39. The van der Waals surface area contributed by atoms with Gasteiger partial charge >= 0.3 is 0 Å². The molecule has 0 spiro atoms. The van der Waals surface area contributed by atoms with E-state index in [4.69, 9.17) is 9.47 Å². The van der Waals surface area contributed by atoms with E-state index in [-0.39, 0.29) is 12.4 Å². The van der Waals surface area contributed by atoms with E-state index >= 15 is 0 Å². The van der Waals surface area contributed by atoms with Crippen LogP contribution < -0.4 is 4.74 Å². The minimum absolute atomic E-state index is 0.0903. The van der Waals surface area contributed by atoms with Crippen molar-refractivity contribution in [2.45, 2.75) is 44.8 Å². The number of hydrogen-bond acceptors (Lipinski definition) is 4. The maximum Gasteiger partial charge on any atom is 0.143 e. The first-order valence-electron chi connectivity index (χ1n) is 8.96. The highest BCUT2D eigenvalue weighted by Gasteiger charge is 2.48. The molecule has 4 nitrogen and oxygen atoms in total. The van der Waals surface area contributed by atoms with Gasteiger partial charge in [-0.3, -0.25) is 4.79 Å². The van der Waals surface area contributed by atoms with Gasteiger partial charge in [0.05, 0.1) is 26.2 Å². The van der Waals surface area contributed by atoms with Crippen molar-refractivity contribution in [2.24, 2.45) is 0 Å². The molecule has 1 saturated carbocycles. The molecule has 138 valence electrons. The van der Waals surface area contributed by atoms with E-state index in [0.717, 1.165) is 28.0 Å². The van der Waals surface area contributed by atoms with E-state index in [1.165, 1.54) is 0 Å². The fraction of sp³-hybridized carbons (Fsp3) is 0.409. The predicted molar refractivity (Wildman–Crippen MR) is 100 cm³/mol. The molecule has 4 heteroatoms. The number of methoxy groups -OCH3 is 1. The quantitative estimate of drug-likeness (QED) is 0.859. The molecule has 0 aliphatic heterocycles. The van der Waals surface area contributed by atoms with Crippen LogP contribution in [0.15, 0.2) is 42.5 Å². The Morgan fingerprint density at radius 1 is 1.15 bits per heavy atom. The van der Waals surface area contributed by atoms with E-state index in [2.05, 4.69) is 6.07 Å². The van der Waals surface area contributed by atoms with Gasteiger partial charge < -0.3 is 14.6 Å². The Labute approximate surface area is 154 Å². The number of rotatable bonds is 6. The van der Waals surface area contributed by atoms with Gasteiger partial charge in [-0.15, -0.1) is 0 Å². The van der Waals surface area contributed by atoms with Crippen LogP contribution in [-0.2, 0) is 16.1 Å². The van der Waals surface area contributed by atoms with Crippen molar-refractivity contribution in [3.63, 3.8) is 0 Å². The van der Waals surface area contributed by atoms with Gasteiger partial charge in [0.2, 0.25) is 0 Å². The Balaban J connectivity index is 1.71. The Morgan fingerprint density at radius 3 is 2.54 bits per heavy atom. The Hall–Kier alpha value is -2.17. The fourth-order valence-corrected chi connectivity index (χ4v) is 3.76. The molecule has 1 aliphatic carbocycles. The van der Waals surface area contributed by atoms with Crippen molar-refractivity contribution in [3.8, 4) is 5.75 Å². The molecule has 2 aromatic rings. The molecule has 1 N–H and O–H groups in total. The molecule has 0 radical (unpaired) electrons. The average molecular weight is 354 g/mol. The topological polar surface area (TPSA) is 55.8 Å². The summed E-state index contributed by atoms with van der Waals surface area (Å²) >= 11 is 0. The molecule has 3 rings (SSSR count). The third-order valence-electron chi connectivity index (χ3n) is 5.18. The van der Waals surface area contributed by atoms with Crippen LogP contribution in [0.1, 0.15) is 41.0 Å². The summed E-state index contributed by atoms with van der Waals surface area (Å²) in [5, 5.41) is 11.2. The highest BCUT2D eigenvalue weighted by atomic mass is 16.5. The van der Waals surface area contributed by atoms with Crippen LogP contribution in [0.2, 0.25) is 0 Å². The minimum Gasteiger partial charge on any atom is -0.497 e. The smallest absolute Gasteiger partial charge is 0.143 e. The van der Waals surface area contributed by atoms with Crippen molar-refractivity contribution < 1.29 is 19.4 Å². The molecule has 2 aromatic carbocycles. The first-order chi connectivity index (χ1) is 12.4. The maximum atomic E-state index is 12.5. The van der Waals surface area contributed by atoms with Crippen LogP contribution in [0.25, 0.3) is 0 Å². The van der Waals surface area contributed by atoms with E-state index in [0.29, 0.717) is 19.4 Å². The Kier molecular flexibility index (Phi) is 5.44. The summed E-state index contributed by atoms with van der Waals surface area (Å²) in [5.41, 5.74) is 2.95. The summed E-state index contributed by atoms with van der Waals surface area (Å²) in [5.74, 6) is 0.371. The second-order valence-corrected chi connectivity index (χ2v) is 7.20. The number of hydrogen-bond donors (Lipinski definition) is 1. The van der Waals surface area contributed by atoms with Crippen molar-refractivity contribution >= 4 is 5.78 Å². The summed E-state index contributed by atoms with van der Waals surface area (Å²) in [6, 6.07) is 13.6. The maximum absolute atomic E-state index is 12.5. The van der Waals surface area contributed by atoms with Crippen molar-refractivity contribution in [1.29, 1.82) is 0 Å². The van der Waals surface area contributed by atoms with Crippen LogP contribution in [0.3, 0.4) is 0 Å². The summed E-state index contributed by atoms with van der Waals surface area (Å²) in [7, 11) is 1.63. The number of ether oxygens (including phenoxy) is 2. The zero-order valence-corrected chi connectivity index (χ0v) is 15.6. The third kappa shape index (κ3) is 3.81. The van der Waals surface area contributed by atoms with Crippen molar-refractivity contribution in [1.82, 2.24) is 0 Å². The van der Waals surface area contributed by atoms with Gasteiger partial charge in [0.25, 0.3) is 0 Å². The third-order valence-corrected chi connectivity index (χ3v) is 5.18. The number of carbonyl (C=O) groups excluding carboxylic acids is 1. The first-order valence-corrected chi connectivity index (χ1v) is 8.96. The monoisotopic (exact) mass is 354 g/mol. The second-order valence-electron chi connectivity index (χ2n) is 7.20. The standard InChI is InChI=1S/C22H26O4/c1-15-4-9-19(16(2)12-15)21-20(23)10-11-22(21,24)14-26-13-17-5-7-18(25-3)8-6-17/h4-9,12,21,24H,10-11,13-14H2,1-3H3/t21-,22+/m0/s1. The van der Waals surface area contributed by atoms with Gasteiger partial charge in [-0.05, 0) is 49.1 Å². The molecule has 0 saturated heterocycles. The normalized spacial score (nSPS) is 22.6. The SMILES string of the molecule is COc1ccc(COC[C@]2(O)CCC(=O)[C@@H]2c2ccc(C)cc2C)cc1. The van der Waals surface area contributed by atoms with Crippen LogP contribution in [0.4, 0.5) is 0 Å². The number of carbonyl (C=O) groups is 1. The Morgan fingerprint density at radius 2 is 1.88 bits per heavy atom. The first kappa shape index (κ1) is 18.6. The molecular formula is C22H26O4. The average Bonchev–Trinajstić information content (AvgIpc) is 2.91. The van der Waals surface area contributed by atoms with Crippen molar-refractivity contribution in [2.75, 3.05) is 13.7 Å². The van der Waals surface area contributed by atoms with Gasteiger partial charge in [0, 0.05) is 6.42 Å². The molecule has 0 aromatic heterocycles. The lowest BCUT2D eigenvalue weighted by Gasteiger charge is -2.30. The zero-order valence-electron chi connectivity index (χ0n) is 15.6. The van der Waals surface area contributed by atoms with E-state index < -0.39 is 11.5 Å². The Bertz CT molecular complexity index is 781. The summed E-state index contributed by atoms with van der Waals surface area (Å²) < 4.78 is 10.9. The highest BCUT2D eigenvalue weighted by molar-refractivity contribution is 5.90. The molecule has 1 fully saturated rings. The number of Topliss-reactive ketones (excluding diaryl/α,β-unsaturated/α-hetero) is 1. The predicted octanol–water partition coefficient (Wildman–Crippen LogP) is 3.71.